The number of nitrogens with zero attached hydrogens (tertiary/aromatic N) is 2. The maximum Gasteiger partial charge on any atom is 0.267 e. The monoisotopic (exact) mass is 399 g/mol. The highest BCUT2D eigenvalue weighted by Crippen LogP contribution is 2.35. The van der Waals surface area contributed by atoms with Crippen molar-refractivity contribution in [1.29, 1.82) is 0 Å². The molecular formula is C22H26ClN3O2. The summed E-state index contributed by atoms with van der Waals surface area (Å²) in [4.78, 5) is 4.55. The molecule has 1 aliphatic carbocycles. The van der Waals surface area contributed by atoms with Crippen LogP contribution in [0.4, 0.5) is 0 Å². The van der Waals surface area contributed by atoms with Crippen LogP contribution < -0.4 is 10.5 Å². The number of hydrogen-bond donors (Lipinski definition) is 1. The molecule has 2 aromatic carbocycles. The zero-order valence-electron chi connectivity index (χ0n) is 16.0. The largest absolute Gasteiger partial charge is 0.481 e. The molecule has 0 aliphatic heterocycles. The van der Waals surface area contributed by atoms with Gasteiger partial charge in [0.15, 0.2) is 11.9 Å². The Morgan fingerprint density at radius 3 is 2.50 bits per heavy atom. The first kappa shape index (κ1) is 20.4. The number of hydrogen-bond acceptors (Lipinski definition) is 5. The van der Waals surface area contributed by atoms with E-state index in [1.165, 1.54) is 5.56 Å². The number of aromatic nitrogens is 2. The molecule has 2 N–H and O–H groups in total. The van der Waals surface area contributed by atoms with Gasteiger partial charge in [-0.05, 0) is 37.0 Å². The van der Waals surface area contributed by atoms with Crippen LogP contribution in [-0.4, -0.2) is 10.1 Å². The van der Waals surface area contributed by atoms with Gasteiger partial charge >= 0.3 is 0 Å². The van der Waals surface area contributed by atoms with Crippen LogP contribution in [0.15, 0.2) is 59.1 Å². The summed E-state index contributed by atoms with van der Waals surface area (Å²) >= 11 is 0. The third-order valence-electron chi connectivity index (χ3n) is 5.24. The number of ether oxygens (including phenoxy) is 1. The smallest absolute Gasteiger partial charge is 0.267 e. The van der Waals surface area contributed by atoms with Crippen LogP contribution in [0, 0.1) is 0 Å². The molecule has 1 heterocycles. The van der Waals surface area contributed by atoms with Crippen molar-refractivity contribution in [2.75, 3.05) is 0 Å². The highest BCUT2D eigenvalue weighted by Gasteiger charge is 2.36. The number of rotatable bonds is 6. The standard InChI is InChI=1S/C22H25N3O2.ClH/c1-16(20-24-21(25-27-20)22(23)13-7-8-14-22)26-19-12-6-5-11-18(19)15-17-9-3-2-4-10-17;/h2-6,9-12,16H,7-8,13-15,23H2,1H3;1H. The summed E-state index contributed by atoms with van der Waals surface area (Å²) < 4.78 is 11.6. The zero-order chi connectivity index (χ0) is 18.7. The first-order valence-corrected chi connectivity index (χ1v) is 9.55. The van der Waals surface area contributed by atoms with Gasteiger partial charge in [-0.15, -0.1) is 12.4 Å². The van der Waals surface area contributed by atoms with Crippen molar-refractivity contribution in [3.8, 4) is 5.75 Å². The molecule has 3 aromatic rings. The third kappa shape index (κ3) is 4.37. The summed E-state index contributed by atoms with van der Waals surface area (Å²) in [6, 6.07) is 18.4. The average Bonchev–Trinajstić information content (AvgIpc) is 3.34. The molecule has 1 aliphatic rings. The van der Waals surface area contributed by atoms with Gasteiger partial charge in [0.2, 0.25) is 0 Å². The lowest BCUT2D eigenvalue weighted by atomic mass is 9.99. The Labute approximate surface area is 171 Å². The Kier molecular flexibility index (Phi) is 6.37. The highest BCUT2D eigenvalue weighted by atomic mass is 35.5. The molecule has 6 heteroatoms. The van der Waals surface area contributed by atoms with Crippen LogP contribution in [0.3, 0.4) is 0 Å². The Morgan fingerprint density at radius 2 is 1.75 bits per heavy atom. The first-order valence-electron chi connectivity index (χ1n) is 9.55. The number of halogens is 1. The molecule has 4 rings (SSSR count). The van der Waals surface area contributed by atoms with Gasteiger partial charge in [0.25, 0.3) is 5.89 Å². The van der Waals surface area contributed by atoms with Crippen molar-refractivity contribution in [2.24, 2.45) is 5.73 Å². The topological polar surface area (TPSA) is 74.2 Å². The van der Waals surface area contributed by atoms with Crippen LogP contribution in [0.2, 0.25) is 0 Å². The van der Waals surface area contributed by atoms with Crippen LogP contribution in [0.1, 0.15) is 61.6 Å². The molecule has 5 nitrogen and oxygen atoms in total. The van der Waals surface area contributed by atoms with Gasteiger partial charge in [0.05, 0.1) is 5.54 Å². The molecule has 0 amide bonds. The summed E-state index contributed by atoms with van der Waals surface area (Å²) in [5, 5.41) is 4.13. The molecular weight excluding hydrogens is 374 g/mol. The third-order valence-corrected chi connectivity index (χ3v) is 5.24. The quantitative estimate of drug-likeness (QED) is 0.634. The fraction of sp³-hybridized carbons (Fsp3) is 0.364. The van der Waals surface area contributed by atoms with Crippen molar-refractivity contribution in [3.05, 3.63) is 77.4 Å². The van der Waals surface area contributed by atoms with E-state index in [1.54, 1.807) is 0 Å². The molecule has 0 saturated heterocycles. The lowest BCUT2D eigenvalue weighted by molar-refractivity contribution is 0.174. The van der Waals surface area contributed by atoms with Gasteiger partial charge in [0, 0.05) is 6.42 Å². The predicted molar refractivity (Wildman–Crippen MR) is 111 cm³/mol. The Morgan fingerprint density at radius 1 is 1.07 bits per heavy atom. The van der Waals surface area contributed by atoms with Gasteiger partial charge in [-0.2, -0.15) is 4.98 Å². The molecule has 0 radical (unpaired) electrons. The Bertz CT molecular complexity index is 892. The second kappa shape index (κ2) is 8.76. The lowest BCUT2D eigenvalue weighted by Gasteiger charge is -2.18. The fourth-order valence-corrected chi connectivity index (χ4v) is 3.65. The average molecular weight is 400 g/mol. The van der Waals surface area contributed by atoms with Crippen molar-refractivity contribution >= 4 is 12.4 Å². The zero-order valence-corrected chi connectivity index (χ0v) is 16.8. The van der Waals surface area contributed by atoms with Crippen LogP contribution in [0.5, 0.6) is 5.75 Å². The van der Waals surface area contributed by atoms with Gasteiger partial charge in [0.1, 0.15) is 5.75 Å². The fourth-order valence-electron chi connectivity index (χ4n) is 3.65. The van der Waals surface area contributed by atoms with E-state index in [0.717, 1.165) is 43.4 Å². The van der Waals surface area contributed by atoms with E-state index in [9.17, 15) is 0 Å². The minimum absolute atomic E-state index is 0. The molecule has 1 atom stereocenters. The van der Waals surface area contributed by atoms with Crippen molar-refractivity contribution < 1.29 is 9.26 Å². The summed E-state index contributed by atoms with van der Waals surface area (Å²) in [6.45, 7) is 1.93. The maximum atomic E-state index is 6.43. The number of benzene rings is 2. The molecule has 1 aromatic heterocycles. The van der Waals surface area contributed by atoms with E-state index in [2.05, 4.69) is 28.3 Å². The maximum absolute atomic E-state index is 6.43. The van der Waals surface area contributed by atoms with E-state index >= 15 is 0 Å². The molecule has 28 heavy (non-hydrogen) atoms. The van der Waals surface area contributed by atoms with E-state index in [1.807, 2.05) is 43.3 Å². The van der Waals surface area contributed by atoms with Gasteiger partial charge in [-0.1, -0.05) is 66.5 Å². The van der Waals surface area contributed by atoms with Crippen molar-refractivity contribution in [3.63, 3.8) is 0 Å². The molecule has 0 bridgehead atoms. The minimum Gasteiger partial charge on any atom is -0.481 e. The SMILES string of the molecule is CC(Oc1ccccc1Cc1ccccc1)c1nc(C2(N)CCCC2)no1.Cl. The predicted octanol–water partition coefficient (Wildman–Crippen LogP) is 4.95. The van der Waals surface area contributed by atoms with Gasteiger partial charge in [-0.3, -0.25) is 0 Å². The van der Waals surface area contributed by atoms with E-state index in [4.69, 9.17) is 15.0 Å². The molecule has 1 fully saturated rings. The summed E-state index contributed by atoms with van der Waals surface area (Å²) in [5.41, 5.74) is 8.35. The number of nitrogens with two attached hydrogens (primary N) is 1. The lowest BCUT2D eigenvalue weighted by Crippen LogP contribution is -2.34. The molecule has 148 valence electrons. The molecule has 0 spiro atoms. The summed E-state index contributed by atoms with van der Waals surface area (Å²) in [7, 11) is 0. The van der Waals surface area contributed by atoms with Crippen molar-refractivity contribution in [2.45, 2.75) is 50.7 Å². The minimum atomic E-state index is -0.452. The molecule has 1 saturated carbocycles. The van der Waals surface area contributed by atoms with E-state index < -0.39 is 5.54 Å². The number of para-hydroxylation sites is 1. The van der Waals surface area contributed by atoms with E-state index in [0.29, 0.717) is 11.7 Å². The summed E-state index contributed by atoms with van der Waals surface area (Å²) in [6.07, 6.45) is 4.50. The first-order chi connectivity index (χ1) is 13.1. The van der Waals surface area contributed by atoms with Gasteiger partial charge < -0.3 is 15.0 Å². The Hall–Kier alpha value is -2.37. The normalized spacial score (nSPS) is 16.4. The van der Waals surface area contributed by atoms with Gasteiger partial charge in [-0.25, -0.2) is 0 Å². The Balaban J connectivity index is 0.00000225. The second-order valence-corrected chi connectivity index (χ2v) is 7.35. The summed E-state index contributed by atoms with van der Waals surface area (Å²) in [5.74, 6) is 1.90. The highest BCUT2D eigenvalue weighted by molar-refractivity contribution is 5.85. The van der Waals surface area contributed by atoms with Crippen molar-refractivity contribution in [1.82, 2.24) is 10.1 Å². The van der Waals surface area contributed by atoms with Crippen LogP contribution in [0.25, 0.3) is 0 Å². The second-order valence-electron chi connectivity index (χ2n) is 7.35. The molecule has 1 unspecified atom stereocenters. The van der Waals surface area contributed by atoms with Crippen LogP contribution >= 0.6 is 12.4 Å². The van der Waals surface area contributed by atoms with E-state index in [-0.39, 0.29) is 18.5 Å². The van der Waals surface area contributed by atoms with Crippen LogP contribution in [-0.2, 0) is 12.0 Å².